The standard InChI is InChI=1S/C21H24N2O4/c1-14-7-6-8-16(11-14)20(24)22-15(2)21(25)23(3)12-17-13-26-18-9-4-5-10-19(18)27-17/h4-11,15,17H,12-13H2,1-3H3,(H,22,24). The first-order chi connectivity index (χ1) is 12.9. The molecule has 1 aliphatic heterocycles. The number of carbonyl (C=O) groups is 2. The van der Waals surface area contributed by atoms with Crippen molar-refractivity contribution in [2.45, 2.75) is 26.0 Å². The fourth-order valence-corrected chi connectivity index (χ4v) is 3.01. The van der Waals surface area contributed by atoms with Crippen LogP contribution in [0.5, 0.6) is 11.5 Å². The first-order valence-electron chi connectivity index (χ1n) is 8.95. The summed E-state index contributed by atoms with van der Waals surface area (Å²) < 4.78 is 11.6. The monoisotopic (exact) mass is 368 g/mol. The predicted molar refractivity (Wildman–Crippen MR) is 102 cm³/mol. The Labute approximate surface area is 159 Å². The van der Waals surface area contributed by atoms with Crippen LogP contribution in [0.15, 0.2) is 48.5 Å². The molecule has 2 aromatic rings. The molecule has 3 rings (SSSR count). The summed E-state index contributed by atoms with van der Waals surface area (Å²) in [5, 5.41) is 2.75. The van der Waals surface area contributed by atoms with Gasteiger partial charge in [-0.3, -0.25) is 9.59 Å². The highest BCUT2D eigenvalue weighted by Crippen LogP contribution is 2.30. The summed E-state index contributed by atoms with van der Waals surface area (Å²) in [7, 11) is 1.70. The van der Waals surface area contributed by atoms with Crippen molar-refractivity contribution in [1.82, 2.24) is 10.2 Å². The Morgan fingerprint density at radius 2 is 1.93 bits per heavy atom. The minimum Gasteiger partial charge on any atom is -0.486 e. The molecule has 6 heteroatoms. The summed E-state index contributed by atoms with van der Waals surface area (Å²) in [5.74, 6) is 0.939. The molecule has 1 aliphatic rings. The van der Waals surface area contributed by atoms with Gasteiger partial charge in [-0.2, -0.15) is 0 Å². The number of likely N-dealkylation sites (N-methyl/N-ethyl adjacent to an activating group) is 1. The summed E-state index contributed by atoms with van der Waals surface area (Å²) in [6.07, 6.45) is -0.256. The van der Waals surface area contributed by atoms with E-state index in [0.717, 1.165) is 5.56 Å². The zero-order chi connectivity index (χ0) is 19.4. The van der Waals surface area contributed by atoms with E-state index in [2.05, 4.69) is 5.32 Å². The molecule has 0 saturated heterocycles. The Morgan fingerprint density at radius 1 is 1.19 bits per heavy atom. The van der Waals surface area contributed by atoms with Crippen LogP contribution in [0, 0.1) is 6.92 Å². The number of ether oxygens (including phenoxy) is 2. The third kappa shape index (κ3) is 4.58. The van der Waals surface area contributed by atoms with E-state index >= 15 is 0 Å². The highest BCUT2D eigenvalue weighted by Gasteiger charge is 2.26. The first-order valence-corrected chi connectivity index (χ1v) is 8.95. The van der Waals surface area contributed by atoms with Gasteiger partial charge < -0.3 is 19.7 Å². The maximum atomic E-state index is 12.6. The van der Waals surface area contributed by atoms with Gasteiger partial charge in [0.25, 0.3) is 5.91 Å². The largest absolute Gasteiger partial charge is 0.486 e. The van der Waals surface area contributed by atoms with Crippen molar-refractivity contribution in [2.75, 3.05) is 20.2 Å². The molecule has 6 nitrogen and oxygen atoms in total. The van der Waals surface area contributed by atoms with Gasteiger partial charge in [0.1, 0.15) is 12.6 Å². The predicted octanol–water partition coefficient (Wildman–Crippen LogP) is 2.41. The van der Waals surface area contributed by atoms with Crippen molar-refractivity contribution < 1.29 is 19.1 Å². The molecule has 0 aromatic heterocycles. The van der Waals surface area contributed by atoms with Crippen LogP contribution in [0.2, 0.25) is 0 Å². The van der Waals surface area contributed by atoms with E-state index in [0.29, 0.717) is 30.2 Å². The van der Waals surface area contributed by atoms with Crippen molar-refractivity contribution >= 4 is 11.8 Å². The average molecular weight is 368 g/mol. The molecular formula is C21H24N2O4. The van der Waals surface area contributed by atoms with Crippen LogP contribution >= 0.6 is 0 Å². The number of amides is 2. The fourth-order valence-electron chi connectivity index (χ4n) is 3.01. The second-order valence-corrected chi connectivity index (χ2v) is 6.78. The van der Waals surface area contributed by atoms with Crippen molar-refractivity contribution in [1.29, 1.82) is 0 Å². The molecule has 0 bridgehead atoms. The van der Waals surface area contributed by atoms with Gasteiger partial charge in [-0.1, -0.05) is 29.8 Å². The van der Waals surface area contributed by atoms with Gasteiger partial charge in [-0.05, 0) is 38.1 Å². The molecule has 0 aliphatic carbocycles. The van der Waals surface area contributed by atoms with Crippen LogP contribution < -0.4 is 14.8 Å². The summed E-state index contributed by atoms with van der Waals surface area (Å²) in [5.41, 5.74) is 1.53. The highest BCUT2D eigenvalue weighted by atomic mass is 16.6. The van der Waals surface area contributed by atoms with Crippen molar-refractivity contribution in [2.24, 2.45) is 0 Å². The second kappa shape index (κ2) is 8.12. The minimum absolute atomic E-state index is 0.182. The Hall–Kier alpha value is -3.02. The van der Waals surface area contributed by atoms with Crippen LogP contribution in [0.1, 0.15) is 22.8 Å². The third-order valence-electron chi connectivity index (χ3n) is 4.42. The summed E-state index contributed by atoms with van der Waals surface area (Å²) in [4.78, 5) is 26.5. The molecule has 142 valence electrons. The molecule has 2 unspecified atom stereocenters. The number of fused-ring (bicyclic) bond motifs is 1. The molecule has 2 amide bonds. The molecule has 1 heterocycles. The Bertz CT molecular complexity index is 836. The number of carbonyl (C=O) groups excluding carboxylic acids is 2. The quantitative estimate of drug-likeness (QED) is 0.880. The fraction of sp³-hybridized carbons (Fsp3) is 0.333. The topological polar surface area (TPSA) is 67.9 Å². The molecule has 2 aromatic carbocycles. The van der Waals surface area contributed by atoms with Gasteiger partial charge in [0.2, 0.25) is 5.91 Å². The van der Waals surface area contributed by atoms with Crippen molar-refractivity contribution in [3.8, 4) is 11.5 Å². The smallest absolute Gasteiger partial charge is 0.251 e. The SMILES string of the molecule is Cc1cccc(C(=O)NC(C)C(=O)N(C)CC2COc3ccccc3O2)c1. The molecule has 0 saturated carbocycles. The van der Waals surface area contributed by atoms with Crippen molar-refractivity contribution in [3.63, 3.8) is 0 Å². The lowest BCUT2D eigenvalue weighted by Gasteiger charge is -2.30. The van der Waals surface area contributed by atoms with Crippen molar-refractivity contribution in [3.05, 3.63) is 59.7 Å². The van der Waals surface area contributed by atoms with E-state index in [1.165, 1.54) is 0 Å². The Morgan fingerprint density at radius 3 is 2.67 bits per heavy atom. The van der Waals surface area contributed by atoms with Crippen LogP contribution in [-0.4, -0.2) is 49.1 Å². The van der Waals surface area contributed by atoms with E-state index in [-0.39, 0.29) is 17.9 Å². The first kappa shape index (κ1) is 18.8. The van der Waals surface area contributed by atoms with E-state index in [1.54, 1.807) is 31.0 Å². The number of nitrogens with one attached hydrogen (secondary N) is 1. The lowest BCUT2D eigenvalue weighted by Crippen LogP contribution is -2.49. The molecule has 0 fully saturated rings. The van der Waals surface area contributed by atoms with E-state index < -0.39 is 6.04 Å². The number of aryl methyl sites for hydroxylation is 1. The maximum Gasteiger partial charge on any atom is 0.251 e. The van der Waals surface area contributed by atoms with Crippen LogP contribution in [0.25, 0.3) is 0 Å². The Kier molecular flexibility index (Phi) is 5.64. The number of benzene rings is 2. The van der Waals surface area contributed by atoms with Gasteiger partial charge in [0.15, 0.2) is 17.6 Å². The average Bonchev–Trinajstić information content (AvgIpc) is 2.67. The minimum atomic E-state index is -0.639. The summed E-state index contributed by atoms with van der Waals surface area (Å²) >= 11 is 0. The van der Waals surface area contributed by atoms with E-state index in [4.69, 9.17) is 9.47 Å². The van der Waals surface area contributed by atoms with E-state index in [1.807, 2.05) is 43.3 Å². The molecule has 2 atom stereocenters. The van der Waals surface area contributed by atoms with Gasteiger partial charge >= 0.3 is 0 Å². The number of hydrogen-bond donors (Lipinski definition) is 1. The number of rotatable bonds is 5. The lowest BCUT2D eigenvalue weighted by molar-refractivity contribution is -0.132. The van der Waals surface area contributed by atoms with Crippen LogP contribution in [0.3, 0.4) is 0 Å². The summed E-state index contributed by atoms with van der Waals surface area (Å²) in [6.45, 7) is 4.35. The Balaban J connectivity index is 1.54. The van der Waals surface area contributed by atoms with Gasteiger partial charge in [0, 0.05) is 12.6 Å². The normalized spacial score (nSPS) is 16.3. The van der Waals surface area contributed by atoms with Gasteiger partial charge in [-0.25, -0.2) is 0 Å². The zero-order valence-corrected chi connectivity index (χ0v) is 15.8. The number of para-hydroxylation sites is 2. The molecule has 0 radical (unpaired) electrons. The van der Waals surface area contributed by atoms with Crippen LogP contribution in [-0.2, 0) is 4.79 Å². The van der Waals surface area contributed by atoms with Gasteiger partial charge in [-0.15, -0.1) is 0 Å². The molecule has 1 N–H and O–H groups in total. The zero-order valence-electron chi connectivity index (χ0n) is 15.8. The lowest BCUT2D eigenvalue weighted by atomic mass is 10.1. The highest BCUT2D eigenvalue weighted by molar-refractivity contribution is 5.97. The second-order valence-electron chi connectivity index (χ2n) is 6.78. The molecular weight excluding hydrogens is 344 g/mol. The number of hydrogen-bond acceptors (Lipinski definition) is 4. The number of nitrogens with zero attached hydrogens (tertiary/aromatic N) is 1. The maximum absolute atomic E-state index is 12.6. The third-order valence-corrected chi connectivity index (χ3v) is 4.42. The van der Waals surface area contributed by atoms with Crippen LogP contribution in [0.4, 0.5) is 0 Å². The van der Waals surface area contributed by atoms with E-state index in [9.17, 15) is 9.59 Å². The van der Waals surface area contributed by atoms with Gasteiger partial charge in [0.05, 0.1) is 6.54 Å². The summed E-state index contributed by atoms with van der Waals surface area (Å²) in [6, 6.07) is 14.1. The molecule has 27 heavy (non-hydrogen) atoms. The molecule has 0 spiro atoms.